The average Bonchev–Trinajstić information content (AvgIpc) is 3.22. The number of nitrogens with one attached hydrogen (secondary N) is 1. The molecule has 0 amide bonds. The van der Waals surface area contributed by atoms with Crippen molar-refractivity contribution in [3.63, 3.8) is 0 Å². The molecule has 2 aromatic carbocycles. The van der Waals surface area contributed by atoms with Crippen LogP contribution in [-0.2, 0) is 19.5 Å². The third kappa shape index (κ3) is 4.02. The highest BCUT2D eigenvalue weighted by Crippen LogP contribution is 2.35. The van der Waals surface area contributed by atoms with Gasteiger partial charge in [-0.1, -0.05) is 12.1 Å². The van der Waals surface area contributed by atoms with Crippen LogP contribution in [0, 0.1) is 0 Å². The van der Waals surface area contributed by atoms with Gasteiger partial charge in [-0.3, -0.25) is 4.90 Å². The molecule has 0 fully saturated rings. The molecular formula is C23H24N4O3. The van der Waals surface area contributed by atoms with Crippen molar-refractivity contribution in [1.29, 1.82) is 0 Å². The number of aromatic nitrogens is 2. The van der Waals surface area contributed by atoms with Crippen molar-refractivity contribution < 1.29 is 14.2 Å². The summed E-state index contributed by atoms with van der Waals surface area (Å²) >= 11 is 0. The van der Waals surface area contributed by atoms with Gasteiger partial charge < -0.3 is 19.5 Å². The Morgan fingerprint density at radius 2 is 2.07 bits per heavy atom. The van der Waals surface area contributed by atoms with Gasteiger partial charge in [0, 0.05) is 49.6 Å². The second kappa shape index (κ2) is 8.20. The quantitative estimate of drug-likeness (QED) is 0.668. The minimum absolute atomic E-state index is 0.264. The molecule has 0 spiro atoms. The van der Waals surface area contributed by atoms with Crippen molar-refractivity contribution in [1.82, 2.24) is 14.9 Å². The first-order valence-electron chi connectivity index (χ1n) is 10.2. The molecule has 5 rings (SSSR count). The van der Waals surface area contributed by atoms with Crippen molar-refractivity contribution >= 4 is 11.6 Å². The van der Waals surface area contributed by atoms with Gasteiger partial charge in [-0.25, -0.2) is 9.97 Å². The van der Waals surface area contributed by atoms with Crippen LogP contribution < -0.4 is 19.5 Å². The Morgan fingerprint density at radius 1 is 1.13 bits per heavy atom. The van der Waals surface area contributed by atoms with Crippen LogP contribution in [0.15, 0.2) is 48.7 Å². The maximum atomic E-state index is 5.62. The van der Waals surface area contributed by atoms with E-state index in [1.54, 1.807) is 0 Å². The van der Waals surface area contributed by atoms with Gasteiger partial charge in [-0.05, 0) is 36.8 Å². The lowest BCUT2D eigenvalue weighted by Crippen LogP contribution is -2.31. The number of hydrogen-bond donors (Lipinski definition) is 1. The second-order valence-corrected chi connectivity index (χ2v) is 7.40. The Hall–Kier alpha value is -3.32. The summed E-state index contributed by atoms with van der Waals surface area (Å²) in [6.07, 6.45) is 2.83. The molecule has 0 aliphatic carbocycles. The van der Waals surface area contributed by atoms with Gasteiger partial charge in [-0.2, -0.15) is 0 Å². The van der Waals surface area contributed by atoms with E-state index in [0.29, 0.717) is 12.6 Å². The van der Waals surface area contributed by atoms with Crippen LogP contribution in [0.4, 0.5) is 11.6 Å². The summed E-state index contributed by atoms with van der Waals surface area (Å²) < 4.78 is 16.4. The first-order valence-corrected chi connectivity index (χ1v) is 10.2. The molecular weight excluding hydrogens is 380 g/mol. The predicted octanol–water partition coefficient (Wildman–Crippen LogP) is 3.91. The van der Waals surface area contributed by atoms with Crippen LogP contribution in [0.25, 0.3) is 0 Å². The number of anilines is 2. The third-order valence-electron chi connectivity index (χ3n) is 5.26. The Labute approximate surface area is 175 Å². The van der Waals surface area contributed by atoms with Crippen molar-refractivity contribution in [3.8, 4) is 17.2 Å². The van der Waals surface area contributed by atoms with Crippen LogP contribution >= 0.6 is 0 Å². The Bertz CT molecular complexity index is 1060. The molecule has 3 aromatic rings. The van der Waals surface area contributed by atoms with E-state index in [9.17, 15) is 0 Å². The van der Waals surface area contributed by atoms with E-state index >= 15 is 0 Å². The number of hydrogen-bond acceptors (Lipinski definition) is 7. The highest BCUT2D eigenvalue weighted by Gasteiger charge is 2.19. The lowest BCUT2D eigenvalue weighted by Gasteiger charge is -2.28. The number of fused-ring (bicyclic) bond motifs is 2. The molecule has 30 heavy (non-hydrogen) atoms. The number of nitrogens with zero attached hydrogens (tertiary/aromatic N) is 3. The lowest BCUT2D eigenvalue weighted by molar-refractivity contribution is 0.174. The van der Waals surface area contributed by atoms with Crippen LogP contribution in [-0.4, -0.2) is 34.8 Å². The summed E-state index contributed by atoms with van der Waals surface area (Å²) in [5.41, 5.74) is 4.42. The van der Waals surface area contributed by atoms with Crippen LogP contribution in [0.2, 0.25) is 0 Å². The molecule has 1 N–H and O–H groups in total. The highest BCUT2D eigenvalue weighted by atomic mass is 16.7. The molecule has 0 radical (unpaired) electrons. The SMILES string of the molecule is CCOc1cccc(CN2CCc3nc(Nc4ccc5c(c4)OCO5)ncc3C2)c1. The first-order chi connectivity index (χ1) is 14.8. The molecule has 7 nitrogen and oxygen atoms in total. The average molecular weight is 404 g/mol. The minimum Gasteiger partial charge on any atom is -0.494 e. The third-order valence-corrected chi connectivity index (χ3v) is 5.26. The minimum atomic E-state index is 0.264. The van der Waals surface area contributed by atoms with Gasteiger partial charge in [0.15, 0.2) is 11.5 Å². The number of rotatable bonds is 6. The highest BCUT2D eigenvalue weighted by molar-refractivity contribution is 5.60. The van der Waals surface area contributed by atoms with Crippen LogP contribution in [0.1, 0.15) is 23.7 Å². The lowest BCUT2D eigenvalue weighted by atomic mass is 10.1. The molecule has 0 bridgehead atoms. The fraction of sp³-hybridized carbons (Fsp3) is 0.304. The standard InChI is InChI=1S/C23H24N4O3/c1-2-28-19-5-3-4-16(10-19)13-27-9-8-20-17(14-27)12-24-23(26-20)25-18-6-7-21-22(11-18)30-15-29-21/h3-7,10-12H,2,8-9,13-15H2,1H3,(H,24,25,26). The maximum absolute atomic E-state index is 5.62. The molecule has 3 heterocycles. The molecule has 0 atom stereocenters. The zero-order valence-corrected chi connectivity index (χ0v) is 16.9. The summed E-state index contributed by atoms with van der Waals surface area (Å²) in [5.74, 6) is 3.03. The molecule has 7 heteroatoms. The van der Waals surface area contributed by atoms with Gasteiger partial charge in [0.1, 0.15) is 5.75 Å². The van der Waals surface area contributed by atoms with Gasteiger partial charge in [0.2, 0.25) is 12.7 Å². The molecule has 154 valence electrons. The van der Waals surface area contributed by atoms with E-state index < -0.39 is 0 Å². The fourth-order valence-corrected chi connectivity index (χ4v) is 3.83. The number of ether oxygens (including phenoxy) is 3. The Kier molecular flexibility index (Phi) is 5.11. The van der Waals surface area contributed by atoms with E-state index in [4.69, 9.17) is 19.2 Å². The summed E-state index contributed by atoms with van der Waals surface area (Å²) in [5, 5.41) is 3.27. The maximum Gasteiger partial charge on any atom is 0.231 e. The topological polar surface area (TPSA) is 68.7 Å². The van der Waals surface area contributed by atoms with Crippen molar-refractivity contribution in [2.24, 2.45) is 0 Å². The van der Waals surface area contributed by atoms with Crippen LogP contribution in [0.5, 0.6) is 17.2 Å². The Morgan fingerprint density at radius 3 is 3.00 bits per heavy atom. The largest absolute Gasteiger partial charge is 0.494 e. The monoisotopic (exact) mass is 404 g/mol. The van der Waals surface area contributed by atoms with Crippen molar-refractivity contribution in [3.05, 3.63) is 65.5 Å². The molecule has 1 aromatic heterocycles. The summed E-state index contributed by atoms with van der Waals surface area (Å²) in [7, 11) is 0. The molecule has 2 aliphatic rings. The summed E-state index contributed by atoms with van der Waals surface area (Å²) in [6, 6.07) is 14.1. The van der Waals surface area contributed by atoms with Gasteiger partial charge >= 0.3 is 0 Å². The molecule has 0 unspecified atom stereocenters. The van der Waals surface area contributed by atoms with Gasteiger partial charge in [-0.15, -0.1) is 0 Å². The molecule has 0 saturated heterocycles. The fourth-order valence-electron chi connectivity index (χ4n) is 3.83. The van der Waals surface area contributed by atoms with E-state index in [1.165, 1.54) is 11.1 Å². The number of benzene rings is 2. The van der Waals surface area contributed by atoms with Crippen molar-refractivity contribution in [2.75, 3.05) is 25.3 Å². The Balaban J connectivity index is 1.25. The van der Waals surface area contributed by atoms with Gasteiger partial charge in [0.25, 0.3) is 0 Å². The summed E-state index contributed by atoms with van der Waals surface area (Å²) in [6.45, 7) is 5.65. The smallest absolute Gasteiger partial charge is 0.231 e. The van der Waals surface area contributed by atoms with Crippen molar-refractivity contribution in [2.45, 2.75) is 26.4 Å². The van der Waals surface area contributed by atoms with E-state index in [2.05, 4.69) is 33.4 Å². The molecule has 2 aliphatic heterocycles. The summed E-state index contributed by atoms with van der Waals surface area (Å²) in [4.78, 5) is 11.7. The second-order valence-electron chi connectivity index (χ2n) is 7.40. The first kappa shape index (κ1) is 18.7. The zero-order valence-electron chi connectivity index (χ0n) is 16.9. The normalized spacial score (nSPS) is 15.0. The van der Waals surface area contributed by atoms with Gasteiger partial charge in [0.05, 0.1) is 12.3 Å². The molecule has 0 saturated carbocycles. The predicted molar refractivity (Wildman–Crippen MR) is 113 cm³/mol. The van der Waals surface area contributed by atoms with E-state index in [-0.39, 0.29) is 6.79 Å². The van der Waals surface area contributed by atoms with Crippen LogP contribution in [0.3, 0.4) is 0 Å². The van der Waals surface area contributed by atoms with E-state index in [0.717, 1.165) is 54.7 Å². The zero-order chi connectivity index (χ0) is 20.3. The van der Waals surface area contributed by atoms with E-state index in [1.807, 2.05) is 37.4 Å².